The van der Waals surface area contributed by atoms with E-state index in [0.29, 0.717) is 36.2 Å². The summed E-state index contributed by atoms with van der Waals surface area (Å²) in [6.07, 6.45) is 3.20. The van der Waals surface area contributed by atoms with Gasteiger partial charge in [-0.25, -0.2) is 4.39 Å². The lowest BCUT2D eigenvalue weighted by molar-refractivity contribution is 0.605. The van der Waals surface area contributed by atoms with Gasteiger partial charge < -0.3 is 10.6 Å². The van der Waals surface area contributed by atoms with Crippen molar-refractivity contribution in [2.75, 3.05) is 23.7 Å². The first kappa shape index (κ1) is 16.1. The van der Waals surface area contributed by atoms with Crippen molar-refractivity contribution in [3.8, 4) is 0 Å². The van der Waals surface area contributed by atoms with Crippen LogP contribution >= 0.6 is 0 Å². The van der Waals surface area contributed by atoms with Crippen molar-refractivity contribution in [1.82, 2.24) is 15.2 Å². The molecule has 2 rings (SSSR count). The third-order valence-electron chi connectivity index (χ3n) is 3.22. The summed E-state index contributed by atoms with van der Waals surface area (Å²) in [5.41, 5.74) is 0.687. The summed E-state index contributed by atoms with van der Waals surface area (Å²) in [6.45, 7) is 5.74. The van der Waals surface area contributed by atoms with Crippen LogP contribution in [0.1, 0.15) is 25.8 Å². The Morgan fingerprint density at radius 2 is 1.95 bits per heavy atom. The van der Waals surface area contributed by atoms with Gasteiger partial charge in [0.15, 0.2) is 5.82 Å². The van der Waals surface area contributed by atoms with Crippen LogP contribution in [0, 0.1) is 11.7 Å². The summed E-state index contributed by atoms with van der Waals surface area (Å²) in [6, 6.07) is 6.78. The molecule has 0 bridgehead atoms. The highest BCUT2D eigenvalue weighted by Crippen LogP contribution is 2.09. The Hall–Kier alpha value is -2.24. The number of nitrogens with zero attached hydrogens (tertiary/aromatic N) is 3. The number of anilines is 2. The van der Waals surface area contributed by atoms with Crippen molar-refractivity contribution >= 4 is 11.8 Å². The van der Waals surface area contributed by atoms with E-state index >= 15 is 0 Å². The fraction of sp³-hybridized carbons (Fsp3) is 0.438. The van der Waals surface area contributed by atoms with Crippen LogP contribution in [-0.2, 0) is 6.42 Å². The van der Waals surface area contributed by atoms with Gasteiger partial charge in [-0.15, -0.1) is 5.10 Å². The summed E-state index contributed by atoms with van der Waals surface area (Å²) in [5.74, 6) is 1.60. The van der Waals surface area contributed by atoms with E-state index in [1.165, 1.54) is 6.07 Å². The molecule has 118 valence electrons. The van der Waals surface area contributed by atoms with Gasteiger partial charge >= 0.3 is 0 Å². The van der Waals surface area contributed by atoms with E-state index < -0.39 is 0 Å². The van der Waals surface area contributed by atoms with Crippen molar-refractivity contribution in [2.45, 2.75) is 26.7 Å². The molecule has 1 heterocycles. The number of rotatable bonds is 8. The van der Waals surface area contributed by atoms with Crippen LogP contribution in [0.25, 0.3) is 0 Å². The number of aromatic nitrogens is 3. The zero-order valence-electron chi connectivity index (χ0n) is 13.0. The topological polar surface area (TPSA) is 62.7 Å². The standard InChI is InChI=1S/C16H22FN5/c1-12(2)7-9-19-16-21-15(11-20-22-16)18-10-8-13-5-3-4-6-14(13)17/h3-6,11-12H,7-10H2,1-2H3,(H2,18,19,21,22). The number of benzene rings is 1. The second-order valence-corrected chi connectivity index (χ2v) is 5.54. The number of nitrogens with one attached hydrogen (secondary N) is 2. The van der Waals surface area contributed by atoms with E-state index in [0.717, 1.165) is 13.0 Å². The summed E-state index contributed by atoms with van der Waals surface area (Å²) in [7, 11) is 0. The van der Waals surface area contributed by atoms with Gasteiger partial charge in [0.1, 0.15) is 5.82 Å². The third-order valence-corrected chi connectivity index (χ3v) is 3.22. The third kappa shape index (κ3) is 5.27. The van der Waals surface area contributed by atoms with Gasteiger partial charge in [-0.05, 0) is 30.4 Å². The summed E-state index contributed by atoms with van der Waals surface area (Å²) < 4.78 is 13.5. The SMILES string of the molecule is CC(C)CCNc1nncc(NCCc2ccccc2F)n1. The maximum absolute atomic E-state index is 13.5. The predicted molar refractivity (Wildman–Crippen MR) is 86.4 cm³/mol. The molecule has 1 aromatic carbocycles. The van der Waals surface area contributed by atoms with Gasteiger partial charge in [0.05, 0.1) is 6.20 Å². The van der Waals surface area contributed by atoms with E-state index in [2.05, 4.69) is 39.7 Å². The van der Waals surface area contributed by atoms with E-state index in [1.807, 2.05) is 6.07 Å². The highest BCUT2D eigenvalue weighted by Gasteiger charge is 2.03. The minimum absolute atomic E-state index is 0.179. The molecule has 0 saturated carbocycles. The number of hydrogen-bond donors (Lipinski definition) is 2. The van der Waals surface area contributed by atoms with Crippen molar-refractivity contribution in [1.29, 1.82) is 0 Å². The van der Waals surface area contributed by atoms with E-state index in [-0.39, 0.29) is 5.82 Å². The second-order valence-electron chi connectivity index (χ2n) is 5.54. The highest BCUT2D eigenvalue weighted by molar-refractivity contribution is 5.37. The van der Waals surface area contributed by atoms with Crippen molar-refractivity contribution in [3.63, 3.8) is 0 Å². The molecule has 2 aromatic rings. The molecular formula is C16H22FN5. The van der Waals surface area contributed by atoms with Crippen molar-refractivity contribution in [3.05, 3.63) is 41.8 Å². The normalized spacial score (nSPS) is 10.7. The second kappa shape index (κ2) is 8.26. The Labute approximate surface area is 130 Å². The largest absolute Gasteiger partial charge is 0.368 e. The highest BCUT2D eigenvalue weighted by atomic mass is 19.1. The van der Waals surface area contributed by atoms with Crippen molar-refractivity contribution in [2.24, 2.45) is 5.92 Å². The van der Waals surface area contributed by atoms with Crippen LogP contribution in [0.15, 0.2) is 30.5 Å². The molecular weight excluding hydrogens is 281 g/mol. The molecule has 0 fully saturated rings. The summed E-state index contributed by atoms with van der Waals surface area (Å²) in [4.78, 5) is 4.33. The van der Waals surface area contributed by atoms with Gasteiger partial charge in [-0.2, -0.15) is 10.1 Å². The Kier molecular flexibility index (Phi) is 6.06. The number of hydrogen-bond acceptors (Lipinski definition) is 5. The molecule has 5 nitrogen and oxygen atoms in total. The van der Waals surface area contributed by atoms with Gasteiger partial charge in [0, 0.05) is 13.1 Å². The van der Waals surface area contributed by atoms with Gasteiger partial charge in [0.25, 0.3) is 0 Å². The van der Waals surface area contributed by atoms with Gasteiger partial charge in [-0.1, -0.05) is 32.0 Å². The molecule has 6 heteroatoms. The lowest BCUT2D eigenvalue weighted by Crippen LogP contribution is -2.12. The van der Waals surface area contributed by atoms with Gasteiger partial charge in [-0.3, -0.25) is 0 Å². The molecule has 2 N–H and O–H groups in total. The molecule has 0 amide bonds. The monoisotopic (exact) mass is 303 g/mol. The first-order valence-corrected chi connectivity index (χ1v) is 7.56. The number of halogens is 1. The zero-order chi connectivity index (χ0) is 15.8. The minimum atomic E-state index is -0.179. The summed E-state index contributed by atoms with van der Waals surface area (Å²) in [5, 5.41) is 14.1. The molecule has 0 atom stereocenters. The first-order valence-electron chi connectivity index (χ1n) is 7.56. The van der Waals surface area contributed by atoms with Gasteiger partial charge in [0.2, 0.25) is 5.95 Å². The smallest absolute Gasteiger partial charge is 0.244 e. The Morgan fingerprint density at radius 1 is 1.14 bits per heavy atom. The molecule has 0 aliphatic carbocycles. The summed E-state index contributed by atoms with van der Waals surface area (Å²) >= 11 is 0. The molecule has 22 heavy (non-hydrogen) atoms. The Balaban J connectivity index is 1.81. The van der Waals surface area contributed by atoms with Crippen LogP contribution in [0.2, 0.25) is 0 Å². The lowest BCUT2D eigenvalue weighted by Gasteiger charge is -2.09. The minimum Gasteiger partial charge on any atom is -0.368 e. The Morgan fingerprint density at radius 3 is 2.73 bits per heavy atom. The molecule has 0 spiro atoms. The van der Waals surface area contributed by atoms with Crippen molar-refractivity contribution < 1.29 is 4.39 Å². The first-order chi connectivity index (χ1) is 10.6. The maximum Gasteiger partial charge on any atom is 0.244 e. The molecule has 0 aliphatic rings. The van der Waals surface area contributed by atoms with E-state index in [4.69, 9.17) is 0 Å². The fourth-order valence-electron chi connectivity index (χ4n) is 1.96. The molecule has 0 saturated heterocycles. The fourth-order valence-corrected chi connectivity index (χ4v) is 1.96. The quantitative estimate of drug-likeness (QED) is 0.784. The molecule has 1 aromatic heterocycles. The zero-order valence-corrected chi connectivity index (χ0v) is 13.0. The van der Waals surface area contributed by atoms with E-state index in [9.17, 15) is 4.39 Å². The maximum atomic E-state index is 13.5. The van der Waals surface area contributed by atoms with Crippen LogP contribution in [-0.4, -0.2) is 28.3 Å². The van der Waals surface area contributed by atoms with Crippen LogP contribution in [0.3, 0.4) is 0 Å². The van der Waals surface area contributed by atoms with Crippen LogP contribution in [0.4, 0.5) is 16.2 Å². The van der Waals surface area contributed by atoms with Crippen LogP contribution < -0.4 is 10.6 Å². The average molecular weight is 303 g/mol. The van der Waals surface area contributed by atoms with Crippen LogP contribution in [0.5, 0.6) is 0 Å². The lowest BCUT2D eigenvalue weighted by atomic mass is 10.1. The molecule has 0 aliphatic heterocycles. The Bertz CT molecular complexity index is 588. The molecule has 0 unspecified atom stereocenters. The van der Waals surface area contributed by atoms with E-state index in [1.54, 1.807) is 18.3 Å². The molecule has 0 radical (unpaired) electrons. The predicted octanol–water partition coefficient (Wildman–Crippen LogP) is 3.12. The average Bonchev–Trinajstić information content (AvgIpc) is 2.49.